The van der Waals surface area contributed by atoms with E-state index in [4.69, 9.17) is 5.11 Å². The molecule has 0 spiro atoms. The third-order valence-electron chi connectivity index (χ3n) is 1.26. The van der Waals surface area contributed by atoms with Crippen molar-refractivity contribution in [1.29, 1.82) is 0 Å². The Morgan fingerprint density at radius 2 is 2.30 bits per heavy atom. The Morgan fingerprint density at radius 1 is 1.70 bits per heavy atom. The Balaban J connectivity index is 3.57. The lowest BCUT2D eigenvalue weighted by Crippen LogP contribution is -2.09. The van der Waals surface area contributed by atoms with Gasteiger partial charge in [-0.15, -0.1) is 0 Å². The van der Waals surface area contributed by atoms with E-state index in [-0.39, 0.29) is 12.2 Å². The number of aliphatic hydroxyl groups is 1. The van der Waals surface area contributed by atoms with Crippen LogP contribution >= 0.6 is 0 Å². The van der Waals surface area contributed by atoms with Crippen molar-refractivity contribution in [2.75, 3.05) is 0 Å². The molecule has 0 bridgehead atoms. The van der Waals surface area contributed by atoms with Crippen molar-refractivity contribution >= 4 is 5.78 Å². The van der Waals surface area contributed by atoms with Crippen molar-refractivity contribution in [3.05, 3.63) is 12.2 Å². The number of rotatable bonds is 4. The molecule has 2 heteroatoms. The highest BCUT2D eigenvalue weighted by molar-refractivity contribution is 5.89. The molecular formula is C8H14O2. The Kier molecular flexibility index (Phi) is 4.85. The fourth-order valence-electron chi connectivity index (χ4n) is 0.631. The molecule has 1 N–H and O–H groups in total. The van der Waals surface area contributed by atoms with E-state index in [1.54, 1.807) is 13.0 Å². The number of hydrogen-bond acceptors (Lipinski definition) is 2. The van der Waals surface area contributed by atoms with E-state index in [0.29, 0.717) is 6.42 Å². The van der Waals surface area contributed by atoms with Crippen LogP contribution in [0, 0.1) is 0 Å². The van der Waals surface area contributed by atoms with Crippen LogP contribution in [0.3, 0.4) is 0 Å². The van der Waals surface area contributed by atoms with Gasteiger partial charge < -0.3 is 5.11 Å². The molecule has 0 saturated carbocycles. The lowest BCUT2D eigenvalue weighted by atomic mass is 10.1. The quantitative estimate of drug-likeness (QED) is 0.600. The van der Waals surface area contributed by atoms with Crippen molar-refractivity contribution < 1.29 is 9.90 Å². The lowest BCUT2D eigenvalue weighted by molar-refractivity contribution is -0.116. The van der Waals surface area contributed by atoms with Crippen LogP contribution in [-0.2, 0) is 4.79 Å². The van der Waals surface area contributed by atoms with Crippen molar-refractivity contribution in [2.45, 2.75) is 32.8 Å². The molecule has 0 unspecified atom stereocenters. The maximum absolute atomic E-state index is 10.8. The number of ketones is 1. The van der Waals surface area contributed by atoms with E-state index in [2.05, 4.69) is 0 Å². The van der Waals surface area contributed by atoms with Gasteiger partial charge in [-0.05, 0) is 19.4 Å². The zero-order valence-corrected chi connectivity index (χ0v) is 6.50. The first-order chi connectivity index (χ1) is 4.70. The van der Waals surface area contributed by atoms with Gasteiger partial charge in [0.05, 0.1) is 6.10 Å². The largest absolute Gasteiger partial charge is 0.393 e. The molecule has 0 amide bonds. The topological polar surface area (TPSA) is 37.3 Å². The van der Waals surface area contributed by atoms with E-state index in [1.807, 2.05) is 6.92 Å². The Labute approximate surface area is 61.6 Å². The summed E-state index contributed by atoms with van der Waals surface area (Å²) in [5.41, 5.74) is 0. The minimum absolute atomic E-state index is 0.00292. The molecule has 0 aromatic heterocycles. The third kappa shape index (κ3) is 4.27. The minimum atomic E-state index is -0.469. The average Bonchev–Trinajstić information content (AvgIpc) is 1.88. The van der Waals surface area contributed by atoms with Crippen LogP contribution in [0.2, 0.25) is 0 Å². The molecular weight excluding hydrogens is 128 g/mol. The maximum atomic E-state index is 10.8. The van der Waals surface area contributed by atoms with Gasteiger partial charge in [-0.1, -0.05) is 13.0 Å². The zero-order valence-electron chi connectivity index (χ0n) is 6.50. The predicted molar refractivity (Wildman–Crippen MR) is 40.7 cm³/mol. The van der Waals surface area contributed by atoms with Crippen LogP contribution in [-0.4, -0.2) is 17.0 Å². The molecule has 0 aliphatic rings. The number of allylic oxidation sites excluding steroid dienone is 2. The van der Waals surface area contributed by atoms with Gasteiger partial charge in [0, 0.05) is 6.42 Å². The summed E-state index contributed by atoms with van der Waals surface area (Å²) in [5.74, 6) is -0.00292. The van der Waals surface area contributed by atoms with E-state index < -0.39 is 6.10 Å². The molecule has 0 heterocycles. The predicted octanol–water partition coefficient (Wildman–Crippen LogP) is 1.29. The Morgan fingerprint density at radius 3 is 2.70 bits per heavy atom. The van der Waals surface area contributed by atoms with Gasteiger partial charge >= 0.3 is 0 Å². The van der Waals surface area contributed by atoms with Crippen molar-refractivity contribution in [3.63, 3.8) is 0 Å². The first-order valence-corrected chi connectivity index (χ1v) is 3.54. The summed E-state index contributed by atoms with van der Waals surface area (Å²) in [5, 5.41) is 9.00. The van der Waals surface area contributed by atoms with E-state index in [1.165, 1.54) is 6.08 Å². The van der Waals surface area contributed by atoms with Crippen LogP contribution in [0.25, 0.3) is 0 Å². The minimum Gasteiger partial charge on any atom is -0.393 e. The van der Waals surface area contributed by atoms with E-state index in [0.717, 1.165) is 0 Å². The molecule has 0 aromatic carbocycles. The normalized spacial score (nSPS) is 13.9. The van der Waals surface area contributed by atoms with Crippen molar-refractivity contribution in [1.82, 2.24) is 0 Å². The molecule has 2 nitrogen and oxygen atoms in total. The van der Waals surface area contributed by atoms with Gasteiger partial charge in [-0.25, -0.2) is 0 Å². The van der Waals surface area contributed by atoms with Gasteiger partial charge in [0.2, 0.25) is 0 Å². The third-order valence-corrected chi connectivity index (χ3v) is 1.26. The summed E-state index contributed by atoms with van der Waals surface area (Å²) < 4.78 is 0. The number of carbonyl (C=O) groups is 1. The molecule has 0 aliphatic heterocycles. The molecule has 1 atom stereocenters. The maximum Gasteiger partial charge on any atom is 0.157 e. The number of aliphatic hydroxyl groups excluding tert-OH is 1. The fraction of sp³-hybridized carbons (Fsp3) is 0.625. The smallest absolute Gasteiger partial charge is 0.157 e. The van der Waals surface area contributed by atoms with Crippen molar-refractivity contribution in [3.8, 4) is 0 Å². The van der Waals surface area contributed by atoms with Crippen LogP contribution in [0.4, 0.5) is 0 Å². The standard InChI is InChI=1S/C8H14O2/c1-3-5-8(10)6-7(9)4-2/h3,5,7,9H,4,6H2,1-2H3/b5-3+/t7-/m0/s1. The summed E-state index contributed by atoms with van der Waals surface area (Å²) in [6, 6.07) is 0. The van der Waals surface area contributed by atoms with E-state index >= 15 is 0 Å². The molecule has 0 aliphatic carbocycles. The highest BCUT2D eigenvalue weighted by Gasteiger charge is 2.04. The lowest BCUT2D eigenvalue weighted by Gasteiger charge is -2.02. The SMILES string of the molecule is C/C=C/C(=O)C[C@@H](O)CC. The van der Waals surface area contributed by atoms with Gasteiger partial charge in [0.15, 0.2) is 5.78 Å². The first kappa shape index (κ1) is 9.37. The number of hydrogen-bond donors (Lipinski definition) is 1. The Hall–Kier alpha value is -0.630. The molecule has 0 aromatic rings. The second-order valence-corrected chi connectivity index (χ2v) is 2.23. The molecule has 10 heavy (non-hydrogen) atoms. The highest BCUT2D eigenvalue weighted by atomic mass is 16.3. The molecule has 58 valence electrons. The molecule has 0 saturated heterocycles. The summed E-state index contributed by atoms with van der Waals surface area (Å²) in [6.07, 6.45) is 3.59. The van der Waals surface area contributed by atoms with E-state index in [9.17, 15) is 4.79 Å². The molecule has 0 fully saturated rings. The molecule has 0 radical (unpaired) electrons. The number of carbonyl (C=O) groups excluding carboxylic acids is 1. The summed E-state index contributed by atoms with van der Waals surface area (Å²) in [6.45, 7) is 3.64. The van der Waals surface area contributed by atoms with Crippen LogP contribution in [0.1, 0.15) is 26.7 Å². The molecule has 0 rings (SSSR count). The van der Waals surface area contributed by atoms with Crippen molar-refractivity contribution in [2.24, 2.45) is 0 Å². The van der Waals surface area contributed by atoms with Crippen LogP contribution in [0.5, 0.6) is 0 Å². The second kappa shape index (κ2) is 5.18. The average molecular weight is 142 g/mol. The first-order valence-electron chi connectivity index (χ1n) is 3.54. The van der Waals surface area contributed by atoms with Crippen LogP contribution < -0.4 is 0 Å². The van der Waals surface area contributed by atoms with Gasteiger partial charge in [0.25, 0.3) is 0 Å². The highest BCUT2D eigenvalue weighted by Crippen LogP contribution is 1.97. The van der Waals surface area contributed by atoms with Gasteiger partial charge in [-0.3, -0.25) is 4.79 Å². The Bertz CT molecular complexity index is 127. The summed E-state index contributed by atoms with van der Waals surface area (Å²) in [4.78, 5) is 10.8. The summed E-state index contributed by atoms with van der Waals surface area (Å²) in [7, 11) is 0. The van der Waals surface area contributed by atoms with Gasteiger partial charge in [0.1, 0.15) is 0 Å². The zero-order chi connectivity index (χ0) is 7.98. The second-order valence-electron chi connectivity index (χ2n) is 2.23. The fourth-order valence-corrected chi connectivity index (χ4v) is 0.631. The summed E-state index contributed by atoms with van der Waals surface area (Å²) >= 11 is 0. The van der Waals surface area contributed by atoms with Gasteiger partial charge in [-0.2, -0.15) is 0 Å². The van der Waals surface area contributed by atoms with Crippen LogP contribution in [0.15, 0.2) is 12.2 Å². The monoisotopic (exact) mass is 142 g/mol.